The molecule has 1 amide bonds. The summed E-state index contributed by atoms with van der Waals surface area (Å²) in [5, 5.41) is 4.30. The van der Waals surface area contributed by atoms with Gasteiger partial charge in [-0.25, -0.2) is 9.48 Å². The third kappa shape index (κ3) is 3.96. The number of hydrogen-bond acceptors (Lipinski definition) is 4. The predicted molar refractivity (Wildman–Crippen MR) is 94.0 cm³/mol. The van der Waals surface area contributed by atoms with Gasteiger partial charge in [0, 0.05) is 24.4 Å². The minimum absolute atomic E-state index is 0.178. The Labute approximate surface area is 146 Å². The number of aromatic nitrogens is 2. The Bertz CT molecular complexity index is 767. The first-order valence-electron chi connectivity index (χ1n) is 8.35. The van der Waals surface area contributed by atoms with Crippen LogP contribution in [0.25, 0.3) is 11.8 Å². The van der Waals surface area contributed by atoms with Crippen LogP contribution in [0.4, 0.5) is 0 Å². The molecule has 0 spiro atoms. The number of amides is 1. The van der Waals surface area contributed by atoms with Crippen molar-refractivity contribution in [2.24, 2.45) is 0 Å². The van der Waals surface area contributed by atoms with Crippen molar-refractivity contribution >= 4 is 18.0 Å². The van der Waals surface area contributed by atoms with Crippen molar-refractivity contribution < 1.29 is 14.3 Å². The monoisotopic (exact) mass is 339 g/mol. The highest BCUT2D eigenvalue weighted by Crippen LogP contribution is 2.19. The molecule has 0 N–H and O–H groups in total. The zero-order valence-corrected chi connectivity index (χ0v) is 14.2. The Morgan fingerprint density at radius 3 is 2.80 bits per heavy atom. The first kappa shape index (κ1) is 17.0. The van der Waals surface area contributed by atoms with E-state index in [1.54, 1.807) is 21.9 Å². The average Bonchev–Trinajstić information content (AvgIpc) is 3.15. The first-order chi connectivity index (χ1) is 12.2. The largest absolute Gasteiger partial charge is 0.467 e. The quantitative estimate of drug-likeness (QED) is 0.634. The molecule has 1 fully saturated rings. The summed E-state index contributed by atoms with van der Waals surface area (Å²) in [7, 11) is 1.35. The number of carbonyl (C=O) groups excluding carboxylic acids is 2. The van der Waals surface area contributed by atoms with E-state index < -0.39 is 6.04 Å². The lowest BCUT2D eigenvalue weighted by Crippen LogP contribution is -2.47. The lowest BCUT2D eigenvalue weighted by Gasteiger charge is -2.32. The van der Waals surface area contributed by atoms with Gasteiger partial charge in [0.15, 0.2) is 0 Å². The van der Waals surface area contributed by atoms with Crippen LogP contribution in [0.5, 0.6) is 0 Å². The molecule has 0 radical (unpaired) electrons. The van der Waals surface area contributed by atoms with Crippen LogP contribution in [0.15, 0.2) is 48.8 Å². The number of rotatable bonds is 4. The van der Waals surface area contributed by atoms with Crippen molar-refractivity contribution in [3.8, 4) is 5.69 Å². The van der Waals surface area contributed by atoms with Gasteiger partial charge in [-0.15, -0.1) is 0 Å². The van der Waals surface area contributed by atoms with Crippen LogP contribution < -0.4 is 0 Å². The maximum atomic E-state index is 12.5. The highest BCUT2D eigenvalue weighted by Gasteiger charge is 2.31. The van der Waals surface area contributed by atoms with E-state index in [0.717, 1.165) is 24.1 Å². The van der Waals surface area contributed by atoms with E-state index in [1.165, 1.54) is 13.2 Å². The van der Waals surface area contributed by atoms with Crippen molar-refractivity contribution in [1.29, 1.82) is 0 Å². The molecule has 0 bridgehead atoms. The van der Waals surface area contributed by atoms with E-state index in [9.17, 15) is 9.59 Å². The average molecular weight is 339 g/mol. The van der Waals surface area contributed by atoms with Crippen molar-refractivity contribution in [3.63, 3.8) is 0 Å². The third-order valence-electron chi connectivity index (χ3n) is 4.30. The van der Waals surface area contributed by atoms with Crippen LogP contribution in [0.2, 0.25) is 0 Å². The zero-order chi connectivity index (χ0) is 17.6. The Hall–Kier alpha value is -2.89. The predicted octanol–water partition coefficient (Wildman–Crippen LogP) is 2.44. The van der Waals surface area contributed by atoms with Gasteiger partial charge >= 0.3 is 5.97 Å². The number of para-hydroxylation sites is 1. The second-order valence-corrected chi connectivity index (χ2v) is 5.95. The van der Waals surface area contributed by atoms with Crippen LogP contribution >= 0.6 is 0 Å². The summed E-state index contributed by atoms with van der Waals surface area (Å²) in [6, 6.07) is 9.27. The number of carbonyl (C=O) groups is 2. The molecular weight excluding hydrogens is 318 g/mol. The van der Waals surface area contributed by atoms with Gasteiger partial charge in [0.05, 0.1) is 19.0 Å². The van der Waals surface area contributed by atoms with E-state index in [1.807, 2.05) is 36.5 Å². The minimum Gasteiger partial charge on any atom is -0.467 e. The van der Waals surface area contributed by atoms with Gasteiger partial charge < -0.3 is 9.64 Å². The number of ether oxygens (including phenoxy) is 1. The van der Waals surface area contributed by atoms with E-state index in [0.29, 0.717) is 13.0 Å². The Balaban J connectivity index is 1.70. The number of benzene rings is 1. The number of piperidine rings is 1. The third-order valence-corrected chi connectivity index (χ3v) is 4.30. The molecule has 6 nitrogen and oxygen atoms in total. The zero-order valence-electron chi connectivity index (χ0n) is 14.2. The maximum absolute atomic E-state index is 12.5. The molecule has 130 valence electrons. The number of methoxy groups -OCH3 is 1. The standard InChI is InChI=1S/C19H21N3O3/c1-25-19(24)17-9-5-6-12-21(17)18(23)11-10-15-13-20-22(14-15)16-7-3-2-4-8-16/h2-4,7-8,10-11,13-14,17H,5-6,9,12H2,1H3/b11-10+. The highest BCUT2D eigenvalue weighted by atomic mass is 16.5. The molecule has 1 aromatic heterocycles. The number of esters is 1. The minimum atomic E-state index is -0.483. The lowest BCUT2D eigenvalue weighted by atomic mass is 10.0. The Morgan fingerprint density at radius 1 is 1.24 bits per heavy atom. The Kier molecular flexibility index (Phi) is 5.28. The fourth-order valence-electron chi connectivity index (χ4n) is 2.98. The van der Waals surface area contributed by atoms with Crippen LogP contribution in [0, 0.1) is 0 Å². The second kappa shape index (κ2) is 7.79. The van der Waals surface area contributed by atoms with E-state index in [2.05, 4.69) is 5.10 Å². The topological polar surface area (TPSA) is 64.4 Å². The molecule has 1 aromatic carbocycles. The summed E-state index contributed by atoms with van der Waals surface area (Å²) in [5.41, 5.74) is 1.78. The Morgan fingerprint density at radius 2 is 2.04 bits per heavy atom. The molecule has 1 unspecified atom stereocenters. The van der Waals surface area contributed by atoms with Crippen LogP contribution in [0.1, 0.15) is 24.8 Å². The summed E-state index contributed by atoms with van der Waals surface area (Å²) in [4.78, 5) is 25.9. The van der Waals surface area contributed by atoms with Crippen LogP contribution in [-0.4, -0.2) is 46.3 Å². The highest BCUT2D eigenvalue weighted by molar-refractivity contribution is 5.94. The molecule has 2 aromatic rings. The molecule has 1 aliphatic heterocycles. The fraction of sp³-hybridized carbons (Fsp3) is 0.316. The normalized spacial score (nSPS) is 17.6. The molecule has 0 aliphatic carbocycles. The molecule has 1 aliphatic rings. The molecular formula is C19H21N3O3. The van der Waals surface area contributed by atoms with Gasteiger partial charge in [0.2, 0.25) is 5.91 Å². The molecule has 2 heterocycles. The summed E-state index contributed by atoms with van der Waals surface area (Å²) >= 11 is 0. The SMILES string of the molecule is COC(=O)C1CCCCN1C(=O)/C=C/c1cnn(-c2ccccc2)c1. The summed E-state index contributed by atoms with van der Waals surface area (Å²) < 4.78 is 6.57. The van der Waals surface area contributed by atoms with Gasteiger partial charge in [-0.2, -0.15) is 5.10 Å². The van der Waals surface area contributed by atoms with Crippen molar-refractivity contribution in [2.45, 2.75) is 25.3 Å². The second-order valence-electron chi connectivity index (χ2n) is 5.95. The molecule has 1 atom stereocenters. The van der Waals surface area contributed by atoms with Crippen LogP contribution in [-0.2, 0) is 14.3 Å². The molecule has 0 saturated carbocycles. The van der Waals surface area contributed by atoms with Crippen LogP contribution in [0.3, 0.4) is 0 Å². The van der Waals surface area contributed by atoms with Crippen molar-refractivity contribution in [2.75, 3.05) is 13.7 Å². The molecule has 6 heteroatoms. The summed E-state index contributed by atoms with van der Waals surface area (Å²) in [5.74, 6) is -0.527. The molecule has 25 heavy (non-hydrogen) atoms. The van der Waals surface area contributed by atoms with Gasteiger partial charge in [-0.3, -0.25) is 4.79 Å². The molecule has 3 rings (SSSR count). The van der Waals surface area contributed by atoms with Gasteiger partial charge in [0.1, 0.15) is 6.04 Å². The van der Waals surface area contributed by atoms with E-state index in [-0.39, 0.29) is 11.9 Å². The lowest BCUT2D eigenvalue weighted by molar-refractivity contribution is -0.153. The van der Waals surface area contributed by atoms with Crippen molar-refractivity contribution in [3.05, 3.63) is 54.4 Å². The summed E-state index contributed by atoms with van der Waals surface area (Å²) in [6.07, 6.45) is 9.25. The smallest absolute Gasteiger partial charge is 0.328 e. The van der Waals surface area contributed by atoms with E-state index >= 15 is 0 Å². The fourth-order valence-corrected chi connectivity index (χ4v) is 2.98. The number of likely N-dealkylation sites (tertiary alicyclic amines) is 1. The van der Waals surface area contributed by atoms with Gasteiger partial charge in [-0.1, -0.05) is 18.2 Å². The molecule has 1 saturated heterocycles. The van der Waals surface area contributed by atoms with E-state index in [4.69, 9.17) is 4.74 Å². The number of nitrogens with zero attached hydrogens (tertiary/aromatic N) is 3. The van der Waals surface area contributed by atoms with Gasteiger partial charge in [0.25, 0.3) is 0 Å². The summed E-state index contributed by atoms with van der Waals surface area (Å²) in [6.45, 7) is 0.576. The first-order valence-corrected chi connectivity index (χ1v) is 8.35. The van der Waals surface area contributed by atoms with Crippen molar-refractivity contribution in [1.82, 2.24) is 14.7 Å². The maximum Gasteiger partial charge on any atom is 0.328 e. The van der Waals surface area contributed by atoms with Gasteiger partial charge in [-0.05, 0) is 37.5 Å². The number of hydrogen-bond donors (Lipinski definition) is 0.